The highest BCUT2D eigenvalue weighted by Crippen LogP contribution is 2.32. The van der Waals surface area contributed by atoms with Crippen LogP contribution in [0.3, 0.4) is 0 Å². The molecule has 0 bridgehead atoms. The third-order valence-corrected chi connectivity index (χ3v) is 5.07. The third kappa shape index (κ3) is 6.48. The number of amides is 3. The molecular weight excluding hydrogens is 440 g/mol. The number of ether oxygens (including phenoxy) is 2. The first kappa shape index (κ1) is 24.6. The molecule has 0 aliphatic carbocycles. The van der Waals surface area contributed by atoms with Crippen LogP contribution in [0.1, 0.15) is 31.9 Å². The predicted octanol–water partition coefficient (Wildman–Crippen LogP) is 4.55. The predicted molar refractivity (Wildman–Crippen MR) is 127 cm³/mol. The van der Waals surface area contributed by atoms with E-state index in [1.165, 1.54) is 13.5 Å². The summed E-state index contributed by atoms with van der Waals surface area (Å²) in [6.07, 6.45) is 2.26. The minimum atomic E-state index is -0.618. The second-order valence-electron chi connectivity index (χ2n) is 7.47. The van der Waals surface area contributed by atoms with E-state index in [9.17, 15) is 14.7 Å². The van der Waals surface area contributed by atoms with Gasteiger partial charge in [-0.2, -0.15) is 0 Å². The van der Waals surface area contributed by atoms with Crippen molar-refractivity contribution in [2.24, 2.45) is 0 Å². The fourth-order valence-electron chi connectivity index (χ4n) is 3.20. The van der Waals surface area contributed by atoms with Crippen molar-refractivity contribution in [3.63, 3.8) is 0 Å². The van der Waals surface area contributed by atoms with Crippen molar-refractivity contribution in [3.8, 4) is 17.1 Å². The molecule has 3 amide bonds. The highest BCUT2D eigenvalue weighted by molar-refractivity contribution is 6.00. The van der Waals surface area contributed by atoms with E-state index in [1.54, 1.807) is 49.5 Å². The Kier molecular flexibility index (Phi) is 8.47. The zero-order chi connectivity index (χ0) is 24.5. The Morgan fingerprint density at radius 3 is 2.56 bits per heavy atom. The first-order chi connectivity index (χ1) is 16.4. The first-order valence-electron chi connectivity index (χ1n) is 10.8. The fourth-order valence-corrected chi connectivity index (χ4v) is 3.20. The second-order valence-corrected chi connectivity index (χ2v) is 7.47. The van der Waals surface area contributed by atoms with Gasteiger partial charge < -0.3 is 34.9 Å². The van der Waals surface area contributed by atoms with E-state index in [1.807, 2.05) is 13.0 Å². The Balaban J connectivity index is 1.61. The average Bonchev–Trinajstić information content (AvgIpc) is 3.37. The maximum absolute atomic E-state index is 12.5. The molecule has 10 heteroatoms. The van der Waals surface area contributed by atoms with E-state index < -0.39 is 18.2 Å². The zero-order valence-electron chi connectivity index (χ0n) is 19.2. The van der Waals surface area contributed by atoms with Crippen LogP contribution in [0.2, 0.25) is 0 Å². The summed E-state index contributed by atoms with van der Waals surface area (Å²) in [6.45, 7) is 3.38. The molecule has 0 aliphatic heterocycles. The lowest BCUT2D eigenvalue weighted by atomic mass is 10.1. The number of benzene rings is 2. The first-order valence-corrected chi connectivity index (χ1v) is 10.8. The molecule has 1 heterocycles. The molecule has 2 atom stereocenters. The average molecular weight is 469 g/mol. The number of aromatic nitrogens is 1. The van der Waals surface area contributed by atoms with Gasteiger partial charge in [-0.25, -0.2) is 14.6 Å². The summed E-state index contributed by atoms with van der Waals surface area (Å²) in [5, 5.41) is 17.4. The summed E-state index contributed by atoms with van der Waals surface area (Å²) >= 11 is 0. The van der Waals surface area contributed by atoms with Crippen LogP contribution >= 0.6 is 0 Å². The maximum atomic E-state index is 12.5. The van der Waals surface area contributed by atoms with Crippen LogP contribution in [-0.4, -0.2) is 42.0 Å². The van der Waals surface area contributed by atoms with Crippen molar-refractivity contribution in [2.45, 2.75) is 32.4 Å². The molecule has 0 aliphatic rings. The number of aliphatic hydroxyl groups excluding tert-OH is 1. The summed E-state index contributed by atoms with van der Waals surface area (Å²) in [6, 6.07) is 11.4. The van der Waals surface area contributed by atoms with Crippen LogP contribution < -0.4 is 20.7 Å². The van der Waals surface area contributed by atoms with Gasteiger partial charge in [0.15, 0.2) is 12.2 Å². The van der Waals surface area contributed by atoms with Gasteiger partial charge in [0.2, 0.25) is 0 Å². The summed E-state index contributed by atoms with van der Waals surface area (Å²) in [7, 11) is 1.53. The zero-order valence-corrected chi connectivity index (χ0v) is 19.2. The Bertz CT molecular complexity index is 1100. The fraction of sp³-hybridized carbons (Fsp3) is 0.292. The van der Waals surface area contributed by atoms with Gasteiger partial charge in [0, 0.05) is 17.4 Å². The van der Waals surface area contributed by atoms with Gasteiger partial charge in [-0.05, 0) is 43.2 Å². The number of methoxy groups -OCH3 is 1. The molecule has 2 aromatic carbocycles. The number of nitrogens with one attached hydrogen (secondary N) is 3. The Labute approximate surface area is 197 Å². The largest absolute Gasteiger partial charge is 0.496 e. The Morgan fingerprint density at radius 1 is 1.15 bits per heavy atom. The van der Waals surface area contributed by atoms with Gasteiger partial charge in [-0.15, -0.1) is 0 Å². The summed E-state index contributed by atoms with van der Waals surface area (Å²) in [5.41, 5.74) is 2.55. The van der Waals surface area contributed by atoms with Crippen LogP contribution in [0.15, 0.2) is 59.5 Å². The van der Waals surface area contributed by atoms with E-state index in [-0.39, 0.29) is 12.6 Å². The van der Waals surface area contributed by atoms with E-state index in [4.69, 9.17) is 13.9 Å². The Morgan fingerprint density at radius 2 is 1.91 bits per heavy atom. The smallest absolute Gasteiger partial charge is 0.407 e. The summed E-state index contributed by atoms with van der Waals surface area (Å²) in [5.74, 6) is 1.08. The van der Waals surface area contributed by atoms with Gasteiger partial charge >= 0.3 is 12.1 Å². The lowest BCUT2D eigenvalue weighted by Crippen LogP contribution is -2.32. The monoisotopic (exact) mass is 468 g/mol. The molecule has 0 spiro atoms. The molecule has 0 fully saturated rings. The molecule has 0 saturated heterocycles. The van der Waals surface area contributed by atoms with Crippen molar-refractivity contribution in [2.75, 3.05) is 24.4 Å². The molecular formula is C24H28N4O6. The normalized spacial score (nSPS) is 12.4. The molecule has 0 radical (unpaired) electrons. The maximum Gasteiger partial charge on any atom is 0.407 e. The molecule has 10 nitrogen and oxygen atoms in total. The third-order valence-electron chi connectivity index (χ3n) is 5.07. The van der Waals surface area contributed by atoms with Crippen LogP contribution in [-0.2, 0) is 4.74 Å². The standard InChI is InChI=1S/C24H28N4O6/c1-4-19(13-29)34-24(31)26-15(2)16-6-5-7-17(10-16)27-23(30)28-18-8-9-20(21(11-18)32-3)22-12-25-14-33-22/h5-12,14-15,19,29H,4,13H2,1-3H3,(H,26,31)(H2,27,28,30)/t15-,19?/m0/s1. The second kappa shape index (κ2) is 11.7. The molecule has 3 rings (SSSR count). The van der Waals surface area contributed by atoms with Crippen LogP contribution in [0.4, 0.5) is 21.0 Å². The number of aliphatic hydroxyl groups is 1. The summed E-state index contributed by atoms with van der Waals surface area (Å²) in [4.78, 5) is 28.5. The molecule has 0 saturated carbocycles. The van der Waals surface area contributed by atoms with E-state index >= 15 is 0 Å². The molecule has 3 aromatic rings. The highest BCUT2D eigenvalue weighted by atomic mass is 16.6. The van der Waals surface area contributed by atoms with E-state index in [2.05, 4.69) is 20.9 Å². The highest BCUT2D eigenvalue weighted by Gasteiger charge is 2.16. The number of alkyl carbamates (subject to hydrolysis) is 1. The van der Waals surface area contributed by atoms with E-state index in [0.717, 1.165) is 5.56 Å². The minimum Gasteiger partial charge on any atom is -0.496 e. The lowest BCUT2D eigenvalue weighted by Gasteiger charge is -2.18. The number of anilines is 2. The number of nitrogens with zero attached hydrogens (tertiary/aromatic N) is 1. The van der Waals surface area contributed by atoms with Crippen molar-refractivity contribution in [3.05, 3.63) is 60.6 Å². The number of hydrogen-bond acceptors (Lipinski definition) is 7. The van der Waals surface area contributed by atoms with Crippen LogP contribution in [0, 0.1) is 0 Å². The van der Waals surface area contributed by atoms with Crippen molar-refractivity contribution >= 4 is 23.5 Å². The summed E-state index contributed by atoms with van der Waals surface area (Å²) < 4.78 is 15.9. The van der Waals surface area contributed by atoms with Crippen LogP contribution in [0.25, 0.3) is 11.3 Å². The van der Waals surface area contributed by atoms with Gasteiger partial charge in [-0.3, -0.25) is 0 Å². The van der Waals surface area contributed by atoms with Crippen LogP contribution in [0.5, 0.6) is 5.75 Å². The Hall–Kier alpha value is -4.05. The molecule has 4 N–H and O–H groups in total. The number of urea groups is 1. The number of rotatable bonds is 9. The van der Waals surface area contributed by atoms with Crippen molar-refractivity contribution < 1.29 is 28.6 Å². The van der Waals surface area contributed by atoms with Gasteiger partial charge in [0.1, 0.15) is 11.9 Å². The van der Waals surface area contributed by atoms with E-state index in [0.29, 0.717) is 34.9 Å². The molecule has 34 heavy (non-hydrogen) atoms. The number of carbonyl (C=O) groups is 2. The number of hydrogen-bond donors (Lipinski definition) is 4. The minimum absolute atomic E-state index is 0.235. The number of carbonyl (C=O) groups excluding carboxylic acids is 2. The number of oxazole rings is 1. The van der Waals surface area contributed by atoms with Gasteiger partial charge in [-0.1, -0.05) is 19.1 Å². The molecule has 1 unspecified atom stereocenters. The molecule has 1 aromatic heterocycles. The van der Waals surface area contributed by atoms with Crippen molar-refractivity contribution in [1.29, 1.82) is 0 Å². The van der Waals surface area contributed by atoms with Crippen molar-refractivity contribution in [1.82, 2.24) is 10.3 Å². The lowest BCUT2D eigenvalue weighted by molar-refractivity contribution is 0.0539. The quantitative estimate of drug-likeness (QED) is 0.362. The van der Waals surface area contributed by atoms with Gasteiger partial charge in [0.25, 0.3) is 0 Å². The SMILES string of the molecule is CCC(CO)OC(=O)N[C@@H](C)c1cccc(NC(=O)Nc2ccc(-c3cnco3)c(OC)c2)c1. The molecule has 180 valence electrons. The topological polar surface area (TPSA) is 135 Å². The van der Waals surface area contributed by atoms with Gasteiger partial charge in [0.05, 0.1) is 31.5 Å².